The van der Waals surface area contributed by atoms with Crippen LogP contribution < -0.4 is 4.57 Å². The molecule has 0 unspecified atom stereocenters. The molecule has 124 valence electrons. The summed E-state index contributed by atoms with van der Waals surface area (Å²) < 4.78 is 30.6. The van der Waals surface area contributed by atoms with E-state index in [-0.39, 0.29) is 0 Å². The van der Waals surface area contributed by atoms with Gasteiger partial charge >= 0.3 is 0 Å². The monoisotopic (exact) mass is 341 g/mol. The van der Waals surface area contributed by atoms with Crippen molar-refractivity contribution in [2.45, 2.75) is 6.54 Å². The van der Waals surface area contributed by atoms with Gasteiger partial charge in [-0.1, -0.05) is 18.2 Å². The largest absolute Gasteiger partial charge is 0.274 e. The Morgan fingerprint density at radius 3 is 2.77 bits per heavy atom. The van der Waals surface area contributed by atoms with Crippen molar-refractivity contribution in [1.82, 2.24) is 19.1 Å². The van der Waals surface area contributed by atoms with Crippen LogP contribution in [0.4, 0.5) is 0 Å². The van der Waals surface area contributed by atoms with E-state index in [1.165, 1.54) is 4.57 Å². The Hall–Kier alpha value is -3.47. The predicted octanol–water partition coefficient (Wildman–Crippen LogP) is 3.23. The maximum absolute atomic E-state index is 8.35. The third-order valence-electron chi connectivity index (χ3n) is 5.16. The van der Waals surface area contributed by atoms with Crippen LogP contribution in [0.25, 0.3) is 39.1 Å². The maximum Gasteiger partial charge on any atom is 0.274 e. The average Bonchev–Trinajstić information content (AvgIpc) is 3.34. The van der Waals surface area contributed by atoms with Gasteiger partial charge in [0.05, 0.1) is 34.8 Å². The molecule has 0 amide bonds. The van der Waals surface area contributed by atoms with Gasteiger partial charge in [-0.3, -0.25) is 9.97 Å². The van der Waals surface area contributed by atoms with Gasteiger partial charge in [0.2, 0.25) is 5.82 Å². The second-order valence-electron chi connectivity index (χ2n) is 6.51. The molecule has 26 heavy (non-hydrogen) atoms. The molecule has 0 saturated heterocycles. The minimum absolute atomic E-state index is 0.614. The zero-order valence-corrected chi connectivity index (χ0v) is 13.8. The number of para-hydroxylation sites is 1. The summed E-state index contributed by atoms with van der Waals surface area (Å²) in [5.41, 5.74) is 5.25. The van der Waals surface area contributed by atoms with Crippen LogP contribution in [0, 0.1) is 0 Å². The van der Waals surface area contributed by atoms with E-state index in [1.54, 1.807) is 24.8 Å². The lowest BCUT2D eigenvalue weighted by Crippen LogP contribution is -2.31. The molecule has 1 aliphatic heterocycles. The minimum atomic E-state index is -2.36. The molecule has 0 radical (unpaired) electrons. The molecule has 0 atom stereocenters. The molecule has 0 spiro atoms. The smallest absolute Gasteiger partial charge is 0.264 e. The topological polar surface area (TPSA) is 39.5 Å². The van der Waals surface area contributed by atoms with Crippen molar-refractivity contribution in [2.75, 3.05) is 0 Å². The molecule has 4 aromatic heterocycles. The lowest BCUT2D eigenvalue weighted by Gasteiger charge is -2.03. The van der Waals surface area contributed by atoms with Crippen LogP contribution in [0.5, 0.6) is 0 Å². The number of fused-ring (bicyclic) bond motifs is 7. The number of nitrogens with zero attached hydrogens (tertiary/aromatic N) is 5. The SMILES string of the molecule is [2H]C([2H])([2H])[n+]1c2n(c3c4ccncc4n(-c4ccccc4)c31)Cc1ccncc1-2. The molecule has 0 aliphatic carbocycles. The molecule has 0 bridgehead atoms. The molecule has 0 N–H and O–H groups in total. The number of benzene rings is 1. The zero-order valence-electron chi connectivity index (χ0n) is 16.8. The van der Waals surface area contributed by atoms with Gasteiger partial charge in [0.25, 0.3) is 5.65 Å². The lowest BCUT2D eigenvalue weighted by atomic mass is 10.2. The molecular formula is C21H16N5+. The van der Waals surface area contributed by atoms with Crippen molar-refractivity contribution in [3.05, 3.63) is 72.8 Å². The Kier molecular flexibility index (Phi) is 2.06. The van der Waals surface area contributed by atoms with Gasteiger partial charge in [-0.2, -0.15) is 0 Å². The molecule has 6 rings (SSSR count). The van der Waals surface area contributed by atoms with E-state index in [4.69, 9.17) is 4.11 Å². The molecule has 5 aromatic rings. The number of imidazole rings is 1. The van der Waals surface area contributed by atoms with Crippen molar-refractivity contribution in [1.29, 1.82) is 0 Å². The molecule has 0 saturated carbocycles. The summed E-state index contributed by atoms with van der Waals surface area (Å²) in [6.45, 7) is -1.74. The highest BCUT2D eigenvalue weighted by atomic mass is 15.2. The summed E-state index contributed by atoms with van der Waals surface area (Å²) in [5.74, 6) is 0.668. The third-order valence-corrected chi connectivity index (χ3v) is 5.16. The summed E-state index contributed by atoms with van der Waals surface area (Å²) in [5, 5.41) is 0.976. The number of hydrogen-bond donors (Lipinski definition) is 0. The van der Waals surface area contributed by atoms with Gasteiger partial charge < -0.3 is 0 Å². The standard InChI is InChI=1S/C21H16N5/c1-24-20-17-11-22-9-7-14(17)13-25(20)19-16-8-10-23-12-18(16)26(21(19)24)15-5-3-2-4-6-15/h2-12H,13H2,1H3/q+1/i1D3. The van der Waals surface area contributed by atoms with Crippen molar-refractivity contribution in [2.24, 2.45) is 6.98 Å². The van der Waals surface area contributed by atoms with Crippen LogP contribution in [0.3, 0.4) is 0 Å². The Labute approximate surface area is 154 Å². The van der Waals surface area contributed by atoms with Crippen molar-refractivity contribution in [3.63, 3.8) is 0 Å². The quantitative estimate of drug-likeness (QED) is 0.431. The second-order valence-corrected chi connectivity index (χ2v) is 6.51. The van der Waals surface area contributed by atoms with E-state index in [0.29, 0.717) is 18.0 Å². The van der Waals surface area contributed by atoms with Gasteiger partial charge in [0, 0.05) is 24.2 Å². The highest BCUT2D eigenvalue weighted by Gasteiger charge is 2.35. The Bertz CT molecular complexity index is 1410. The van der Waals surface area contributed by atoms with Crippen LogP contribution >= 0.6 is 0 Å². The molecule has 1 aromatic carbocycles. The van der Waals surface area contributed by atoms with Gasteiger partial charge in [-0.05, 0) is 24.3 Å². The van der Waals surface area contributed by atoms with Crippen LogP contribution in [0.15, 0.2) is 67.3 Å². The van der Waals surface area contributed by atoms with Gasteiger partial charge in [-0.15, -0.1) is 0 Å². The number of aryl methyl sites for hydroxylation is 1. The van der Waals surface area contributed by atoms with Gasteiger partial charge in [0.15, 0.2) is 5.52 Å². The lowest BCUT2D eigenvalue weighted by molar-refractivity contribution is -0.636. The van der Waals surface area contributed by atoms with Crippen LogP contribution in [0.1, 0.15) is 9.68 Å². The van der Waals surface area contributed by atoms with E-state index in [1.807, 2.05) is 47.0 Å². The molecule has 5 heterocycles. The summed E-state index contributed by atoms with van der Waals surface area (Å²) >= 11 is 0. The summed E-state index contributed by atoms with van der Waals surface area (Å²) in [6.07, 6.45) is 7.05. The Morgan fingerprint density at radius 1 is 1.04 bits per heavy atom. The molecule has 1 aliphatic rings. The predicted molar refractivity (Wildman–Crippen MR) is 100 cm³/mol. The highest BCUT2D eigenvalue weighted by molar-refractivity contribution is 6.06. The highest BCUT2D eigenvalue weighted by Crippen LogP contribution is 2.37. The molecule has 0 fully saturated rings. The number of pyridine rings is 2. The van der Waals surface area contributed by atoms with Crippen molar-refractivity contribution >= 4 is 22.1 Å². The first-order chi connectivity index (χ1) is 14.1. The van der Waals surface area contributed by atoms with Crippen molar-refractivity contribution < 1.29 is 8.68 Å². The first kappa shape index (κ1) is 11.2. The Morgan fingerprint density at radius 2 is 1.88 bits per heavy atom. The number of rotatable bonds is 1. The van der Waals surface area contributed by atoms with E-state index in [9.17, 15) is 0 Å². The first-order valence-corrected chi connectivity index (χ1v) is 8.47. The molecular weight excluding hydrogens is 322 g/mol. The van der Waals surface area contributed by atoms with Crippen LogP contribution in [-0.4, -0.2) is 19.1 Å². The van der Waals surface area contributed by atoms with E-state index in [0.717, 1.165) is 33.2 Å². The van der Waals surface area contributed by atoms with Crippen LogP contribution in [0.2, 0.25) is 0 Å². The normalized spacial score (nSPS) is 14.8. The second kappa shape index (κ2) is 4.79. The summed E-state index contributed by atoms with van der Waals surface area (Å²) in [7, 11) is 0. The van der Waals surface area contributed by atoms with Crippen molar-refractivity contribution in [3.8, 4) is 17.1 Å². The fourth-order valence-electron chi connectivity index (χ4n) is 4.09. The molecule has 5 nitrogen and oxygen atoms in total. The summed E-state index contributed by atoms with van der Waals surface area (Å²) in [6, 6.07) is 13.7. The fourth-order valence-corrected chi connectivity index (χ4v) is 4.09. The number of aromatic nitrogens is 5. The van der Waals surface area contributed by atoms with Gasteiger partial charge in [0.1, 0.15) is 11.2 Å². The van der Waals surface area contributed by atoms with Crippen LogP contribution in [-0.2, 0) is 13.5 Å². The van der Waals surface area contributed by atoms with E-state index >= 15 is 0 Å². The summed E-state index contributed by atoms with van der Waals surface area (Å²) in [4.78, 5) is 8.56. The third kappa shape index (κ3) is 1.57. The Balaban J connectivity index is 1.88. The van der Waals surface area contributed by atoms with Gasteiger partial charge in [-0.25, -0.2) is 13.7 Å². The maximum atomic E-state index is 8.35. The first-order valence-electron chi connectivity index (χ1n) is 9.97. The fraction of sp³-hybridized carbons (Fsp3) is 0.0952. The van der Waals surface area contributed by atoms with E-state index < -0.39 is 6.98 Å². The zero-order chi connectivity index (χ0) is 19.8. The average molecular weight is 341 g/mol. The molecule has 5 heteroatoms. The van der Waals surface area contributed by atoms with E-state index in [2.05, 4.69) is 14.5 Å². The number of hydrogen-bond acceptors (Lipinski definition) is 2. The minimum Gasteiger partial charge on any atom is -0.264 e.